The molecule has 0 radical (unpaired) electrons. The van der Waals surface area contributed by atoms with Crippen molar-refractivity contribution in [2.24, 2.45) is 4.99 Å². The van der Waals surface area contributed by atoms with E-state index in [1.165, 1.54) is 0 Å². The summed E-state index contributed by atoms with van der Waals surface area (Å²) in [4.78, 5) is 7.01. The van der Waals surface area contributed by atoms with E-state index < -0.39 is 0 Å². The lowest BCUT2D eigenvalue weighted by atomic mass is 9.89. The Hall–Kier alpha value is -0.340. The maximum atomic E-state index is 5.47. The van der Waals surface area contributed by atoms with Crippen LogP contribution in [0.5, 0.6) is 0 Å². The van der Waals surface area contributed by atoms with Crippen LogP contribution in [-0.4, -0.2) is 63.3 Å². The summed E-state index contributed by atoms with van der Waals surface area (Å²) in [7, 11) is 4.26. The van der Waals surface area contributed by atoms with Gasteiger partial charge in [-0.3, -0.25) is 4.99 Å². The monoisotopic (exact) mass is 396 g/mol. The van der Waals surface area contributed by atoms with Crippen LogP contribution in [0.15, 0.2) is 17.6 Å². The number of halogens is 1. The van der Waals surface area contributed by atoms with Gasteiger partial charge in [-0.15, -0.1) is 30.6 Å². The first kappa shape index (κ1) is 19.7. The van der Waals surface area contributed by atoms with Crippen molar-refractivity contribution in [2.75, 3.05) is 46.9 Å². The van der Waals surface area contributed by atoms with E-state index in [9.17, 15) is 0 Å². The predicted octanol–water partition coefficient (Wildman–Crippen LogP) is 1.46. The van der Waals surface area contributed by atoms with Crippen LogP contribution >= 0.6 is 24.0 Å². The molecule has 1 fully saturated rings. The molecular formula is C14H29IN4O. The fourth-order valence-electron chi connectivity index (χ4n) is 2.23. The molecule has 1 rings (SSSR count). The van der Waals surface area contributed by atoms with Crippen molar-refractivity contribution >= 4 is 29.9 Å². The van der Waals surface area contributed by atoms with Crippen LogP contribution in [-0.2, 0) is 4.74 Å². The summed E-state index contributed by atoms with van der Waals surface area (Å²) in [5.74, 6) is 0.857. The van der Waals surface area contributed by atoms with E-state index >= 15 is 0 Å². The topological polar surface area (TPSA) is 48.9 Å². The zero-order valence-corrected chi connectivity index (χ0v) is 15.3. The quantitative estimate of drug-likeness (QED) is 0.309. The van der Waals surface area contributed by atoms with E-state index in [2.05, 4.69) is 43.1 Å². The highest BCUT2D eigenvalue weighted by Crippen LogP contribution is 2.26. The maximum Gasteiger partial charge on any atom is 0.191 e. The van der Waals surface area contributed by atoms with Gasteiger partial charge in [0.25, 0.3) is 0 Å². The zero-order valence-electron chi connectivity index (χ0n) is 12.9. The Bertz CT molecular complexity index is 302. The highest BCUT2D eigenvalue weighted by atomic mass is 127. The number of hydrogen-bond acceptors (Lipinski definition) is 3. The molecule has 1 aliphatic rings. The minimum atomic E-state index is 0. The molecule has 0 unspecified atom stereocenters. The molecule has 0 amide bonds. The Morgan fingerprint density at radius 1 is 1.35 bits per heavy atom. The van der Waals surface area contributed by atoms with Gasteiger partial charge in [-0.05, 0) is 33.9 Å². The Kier molecular flexibility index (Phi) is 10.2. The van der Waals surface area contributed by atoms with E-state index in [4.69, 9.17) is 9.73 Å². The number of ether oxygens (including phenoxy) is 1. The second-order valence-corrected chi connectivity index (χ2v) is 5.10. The number of nitrogens with zero attached hydrogens (tertiary/aromatic N) is 2. The molecule has 6 heteroatoms. The highest BCUT2D eigenvalue weighted by Gasteiger charge is 2.34. The van der Waals surface area contributed by atoms with Gasteiger partial charge in [0.15, 0.2) is 5.96 Å². The van der Waals surface area contributed by atoms with Crippen LogP contribution in [0.3, 0.4) is 0 Å². The van der Waals surface area contributed by atoms with E-state index in [1.807, 2.05) is 6.08 Å². The number of hydrogen-bond donors (Lipinski definition) is 2. The average molecular weight is 396 g/mol. The zero-order chi connectivity index (χ0) is 14.1. The first-order valence-electron chi connectivity index (χ1n) is 7.03. The second-order valence-electron chi connectivity index (χ2n) is 5.10. The van der Waals surface area contributed by atoms with Crippen LogP contribution in [0.4, 0.5) is 0 Å². The fraction of sp³-hybridized carbons (Fsp3) is 0.786. The van der Waals surface area contributed by atoms with Crippen molar-refractivity contribution < 1.29 is 4.74 Å². The molecule has 0 aromatic heterocycles. The van der Waals surface area contributed by atoms with Crippen LogP contribution in [0, 0.1) is 0 Å². The Morgan fingerprint density at radius 2 is 2.00 bits per heavy atom. The normalized spacial score (nSPS) is 18.3. The summed E-state index contributed by atoms with van der Waals surface area (Å²) in [5, 5.41) is 6.49. The minimum Gasteiger partial charge on any atom is -0.381 e. The Morgan fingerprint density at radius 3 is 2.50 bits per heavy atom. The Labute approximate surface area is 140 Å². The van der Waals surface area contributed by atoms with Crippen molar-refractivity contribution in [1.29, 1.82) is 0 Å². The summed E-state index contributed by atoms with van der Waals surface area (Å²) in [6, 6.07) is 0. The molecule has 1 saturated heterocycles. The largest absolute Gasteiger partial charge is 0.381 e. The lowest BCUT2D eigenvalue weighted by Crippen LogP contribution is -2.51. The lowest BCUT2D eigenvalue weighted by Gasteiger charge is -2.41. The van der Waals surface area contributed by atoms with Crippen LogP contribution in [0.25, 0.3) is 0 Å². The van der Waals surface area contributed by atoms with E-state index in [1.54, 1.807) is 0 Å². The highest BCUT2D eigenvalue weighted by molar-refractivity contribution is 14.0. The van der Waals surface area contributed by atoms with Crippen LogP contribution in [0.2, 0.25) is 0 Å². The summed E-state index contributed by atoms with van der Waals surface area (Å²) in [5.41, 5.74) is 0.120. The molecule has 2 N–H and O–H groups in total. The molecule has 0 atom stereocenters. The molecule has 5 nitrogen and oxygen atoms in total. The molecule has 0 bridgehead atoms. The van der Waals surface area contributed by atoms with Crippen molar-refractivity contribution in [3.63, 3.8) is 0 Å². The molecule has 118 valence electrons. The molecule has 20 heavy (non-hydrogen) atoms. The van der Waals surface area contributed by atoms with Gasteiger partial charge in [0.1, 0.15) is 0 Å². The molecular weight excluding hydrogens is 367 g/mol. The van der Waals surface area contributed by atoms with Gasteiger partial charge in [-0.1, -0.05) is 6.08 Å². The average Bonchev–Trinajstić information content (AvgIpc) is 2.43. The number of nitrogens with one attached hydrogen (secondary N) is 2. The SMILES string of the molecule is C=CCNC(=NCC1(N(C)C)CCOCC1)NCC.I. The third-order valence-electron chi connectivity index (χ3n) is 3.66. The minimum absolute atomic E-state index is 0. The first-order chi connectivity index (χ1) is 9.14. The van der Waals surface area contributed by atoms with Gasteiger partial charge in [-0.25, -0.2) is 0 Å². The van der Waals surface area contributed by atoms with Crippen molar-refractivity contribution in [1.82, 2.24) is 15.5 Å². The van der Waals surface area contributed by atoms with Gasteiger partial charge in [0, 0.05) is 31.8 Å². The maximum absolute atomic E-state index is 5.47. The Balaban J connectivity index is 0.00000361. The molecule has 1 aliphatic heterocycles. The number of rotatable bonds is 6. The molecule has 0 aromatic rings. The van der Waals surface area contributed by atoms with Crippen molar-refractivity contribution in [3.8, 4) is 0 Å². The molecule has 1 heterocycles. The molecule has 0 aromatic carbocycles. The number of aliphatic imine (C=N–C) groups is 1. The van der Waals surface area contributed by atoms with Gasteiger partial charge >= 0.3 is 0 Å². The summed E-state index contributed by atoms with van der Waals surface area (Å²) in [6.45, 7) is 9.81. The summed E-state index contributed by atoms with van der Waals surface area (Å²) < 4.78 is 5.47. The second kappa shape index (κ2) is 10.4. The first-order valence-corrected chi connectivity index (χ1v) is 7.03. The van der Waals surface area contributed by atoms with Crippen LogP contribution < -0.4 is 10.6 Å². The summed E-state index contributed by atoms with van der Waals surface area (Å²) >= 11 is 0. The van der Waals surface area contributed by atoms with Gasteiger partial charge in [-0.2, -0.15) is 0 Å². The van der Waals surface area contributed by atoms with E-state index in [-0.39, 0.29) is 29.5 Å². The van der Waals surface area contributed by atoms with Gasteiger partial charge in [0.05, 0.1) is 6.54 Å². The number of likely N-dealkylation sites (N-methyl/N-ethyl adjacent to an activating group) is 1. The third kappa shape index (κ3) is 5.97. The molecule has 0 spiro atoms. The fourth-order valence-corrected chi connectivity index (χ4v) is 2.23. The van der Waals surface area contributed by atoms with Crippen molar-refractivity contribution in [2.45, 2.75) is 25.3 Å². The van der Waals surface area contributed by atoms with Gasteiger partial charge < -0.3 is 20.3 Å². The van der Waals surface area contributed by atoms with Crippen LogP contribution in [0.1, 0.15) is 19.8 Å². The van der Waals surface area contributed by atoms with E-state index in [0.29, 0.717) is 0 Å². The predicted molar refractivity (Wildman–Crippen MR) is 96.1 cm³/mol. The standard InChI is InChI=1S/C14H28N4O.HI/c1-5-9-16-13(15-6-2)17-12-14(18(3)4)7-10-19-11-8-14;/h5H,1,6-12H2,2-4H3,(H2,15,16,17);1H. The third-order valence-corrected chi connectivity index (χ3v) is 3.66. The molecule has 0 saturated carbocycles. The number of guanidine groups is 1. The molecule has 0 aliphatic carbocycles. The van der Waals surface area contributed by atoms with E-state index in [0.717, 1.165) is 51.6 Å². The smallest absolute Gasteiger partial charge is 0.191 e. The summed E-state index contributed by atoms with van der Waals surface area (Å²) in [6.07, 6.45) is 3.90. The lowest BCUT2D eigenvalue weighted by molar-refractivity contribution is -0.00254. The van der Waals surface area contributed by atoms with Crippen molar-refractivity contribution in [3.05, 3.63) is 12.7 Å². The van der Waals surface area contributed by atoms with Gasteiger partial charge in [0.2, 0.25) is 0 Å².